The van der Waals surface area contributed by atoms with Gasteiger partial charge in [-0.1, -0.05) is 18.9 Å². The molecular weight excluding hydrogens is 218 g/mol. The molecule has 0 unspecified atom stereocenters. The predicted octanol–water partition coefficient (Wildman–Crippen LogP) is 5.09. The van der Waals surface area contributed by atoms with Crippen molar-refractivity contribution in [1.82, 2.24) is 0 Å². The maximum Gasteiger partial charge on any atom is 0.0655 e. The van der Waals surface area contributed by atoms with Crippen molar-refractivity contribution in [3.63, 3.8) is 0 Å². The summed E-state index contributed by atoms with van der Waals surface area (Å²) in [6.07, 6.45) is 15.5. The molecule has 0 radical (unpaired) electrons. The molecule has 0 atom stereocenters. The predicted molar refractivity (Wildman–Crippen MR) is 75.9 cm³/mol. The molecule has 0 amide bonds. The molecule has 0 aromatic heterocycles. The van der Waals surface area contributed by atoms with E-state index in [9.17, 15) is 0 Å². The van der Waals surface area contributed by atoms with Crippen LogP contribution in [0.25, 0.3) is 0 Å². The van der Waals surface area contributed by atoms with Crippen LogP contribution in [0.2, 0.25) is 0 Å². The average molecular weight is 245 g/mol. The van der Waals surface area contributed by atoms with Crippen LogP contribution in [0, 0.1) is 35.0 Å². The molecule has 0 heterocycles. The SMILES string of the molecule is C=CC1CCC(CCC2CCC(C#N)CC2)CC1. The highest BCUT2D eigenvalue weighted by atomic mass is 14.3. The Morgan fingerprint density at radius 1 is 0.889 bits per heavy atom. The van der Waals surface area contributed by atoms with Crippen LogP contribution < -0.4 is 0 Å². The van der Waals surface area contributed by atoms with Gasteiger partial charge in [0.2, 0.25) is 0 Å². The maximum absolute atomic E-state index is 8.90. The molecule has 0 aliphatic heterocycles. The molecule has 2 rings (SSSR count). The van der Waals surface area contributed by atoms with Gasteiger partial charge in [-0.05, 0) is 69.1 Å². The van der Waals surface area contributed by atoms with Gasteiger partial charge >= 0.3 is 0 Å². The molecule has 100 valence electrons. The van der Waals surface area contributed by atoms with Crippen molar-refractivity contribution >= 4 is 0 Å². The molecule has 1 nitrogen and oxygen atoms in total. The molecule has 2 aliphatic carbocycles. The third kappa shape index (κ3) is 3.87. The largest absolute Gasteiger partial charge is 0.198 e. The number of allylic oxidation sites excluding steroid dienone is 1. The lowest BCUT2D eigenvalue weighted by Gasteiger charge is -2.29. The topological polar surface area (TPSA) is 23.8 Å². The van der Waals surface area contributed by atoms with Crippen LogP contribution in [-0.4, -0.2) is 0 Å². The first kappa shape index (κ1) is 13.7. The summed E-state index contributed by atoms with van der Waals surface area (Å²) in [5, 5.41) is 8.90. The Morgan fingerprint density at radius 2 is 1.39 bits per heavy atom. The summed E-state index contributed by atoms with van der Waals surface area (Å²) < 4.78 is 0. The van der Waals surface area contributed by atoms with Gasteiger partial charge in [-0.15, -0.1) is 6.58 Å². The van der Waals surface area contributed by atoms with E-state index in [1.54, 1.807) is 0 Å². The van der Waals surface area contributed by atoms with Crippen LogP contribution >= 0.6 is 0 Å². The zero-order chi connectivity index (χ0) is 12.8. The van der Waals surface area contributed by atoms with Gasteiger partial charge in [-0.2, -0.15) is 5.26 Å². The van der Waals surface area contributed by atoms with Crippen molar-refractivity contribution in [3.8, 4) is 6.07 Å². The summed E-state index contributed by atoms with van der Waals surface area (Å²) in [4.78, 5) is 0. The van der Waals surface area contributed by atoms with Gasteiger partial charge in [0.15, 0.2) is 0 Å². The summed E-state index contributed by atoms with van der Waals surface area (Å²) in [5.74, 6) is 3.07. The first-order valence-electron chi connectivity index (χ1n) is 7.84. The molecule has 2 saturated carbocycles. The van der Waals surface area contributed by atoms with E-state index < -0.39 is 0 Å². The van der Waals surface area contributed by atoms with Crippen molar-refractivity contribution < 1.29 is 0 Å². The molecule has 18 heavy (non-hydrogen) atoms. The third-order valence-electron chi connectivity index (χ3n) is 5.24. The smallest absolute Gasteiger partial charge is 0.0655 e. The van der Waals surface area contributed by atoms with E-state index in [0.29, 0.717) is 5.92 Å². The summed E-state index contributed by atoms with van der Waals surface area (Å²) in [5.41, 5.74) is 0. The average Bonchev–Trinajstić information content (AvgIpc) is 2.46. The fraction of sp³-hybridized carbons (Fsp3) is 0.824. The zero-order valence-electron chi connectivity index (χ0n) is 11.6. The molecule has 0 aromatic rings. The second-order valence-corrected chi connectivity index (χ2v) is 6.44. The van der Waals surface area contributed by atoms with Gasteiger partial charge in [0, 0.05) is 5.92 Å². The van der Waals surface area contributed by atoms with Crippen molar-refractivity contribution in [2.24, 2.45) is 23.7 Å². The van der Waals surface area contributed by atoms with Crippen LogP contribution in [0.3, 0.4) is 0 Å². The van der Waals surface area contributed by atoms with E-state index in [1.807, 2.05) is 0 Å². The summed E-state index contributed by atoms with van der Waals surface area (Å²) in [6.45, 7) is 3.92. The highest BCUT2D eigenvalue weighted by Gasteiger charge is 2.23. The molecular formula is C17H27N. The molecule has 0 spiro atoms. The lowest BCUT2D eigenvalue weighted by Crippen LogP contribution is -2.17. The van der Waals surface area contributed by atoms with Gasteiger partial charge in [0.25, 0.3) is 0 Å². The second kappa shape index (κ2) is 6.98. The number of nitrogens with zero attached hydrogens (tertiary/aromatic N) is 1. The van der Waals surface area contributed by atoms with Crippen LogP contribution in [0.15, 0.2) is 12.7 Å². The number of nitriles is 1. The van der Waals surface area contributed by atoms with Gasteiger partial charge in [0.05, 0.1) is 6.07 Å². The molecule has 1 heteroatoms. The van der Waals surface area contributed by atoms with Crippen molar-refractivity contribution in [2.45, 2.75) is 64.2 Å². The minimum atomic E-state index is 0.365. The Balaban J connectivity index is 1.61. The van der Waals surface area contributed by atoms with E-state index in [0.717, 1.165) is 30.6 Å². The van der Waals surface area contributed by atoms with E-state index in [1.165, 1.54) is 51.4 Å². The molecule has 0 bridgehead atoms. The van der Waals surface area contributed by atoms with Crippen LogP contribution in [-0.2, 0) is 0 Å². The number of rotatable bonds is 4. The van der Waals surface area contributed by atoms with E-state index in [2.05, 4.69) is 18.7 Å². The van der Waals surface area contributed by atoms with Gasteiger partial charge in [0.1, 0.15) is 0 Å². The normalized spacial score (nSPS) is 36.8. The highest BCUT2D eigenvalue weighted by Crippen LogP contribution is 2.36. The Kier molecular flexibility index (Phi) is 5.29. The molecule has 0 saturated heterocycles. The monoisotopic (exact) mass is 245 g/mol. The standard InChI is InChI=1S/C17H27N/c1-2-14-3-5-15(6-4-14)7-8-16-9-11-17(13-18)12-10-16/h2,14-17H,1,3-12H2. The van der Waals surface area contributed by atoms with Gasteiger partial charge < -0.3 is 0 Å². The summed E-state index contributed by atoms with van der Waals surface area (Å²) in [7, 11) is 0. The number of hydrogen-bond donors (Lipinski definition) is 0. The summed E-state index contributed by atoms with van der Waals surface area (Å²) >= 11 is 0. The lowest BCUT2D eigenvalue weighted by atomic mass is 9.76. The Labute approximate surface area is 112 Å². The van der Waals surface area contributed by atoms with E-state index >= 15 is 0 Å². The third-order valence-corrected chi connectivity index (χ3v) is 5.24. The lowest BCUT2D eigenvalue weighted by molar-refractivity contribution is 0.242. The molecule has 2 fully saturated rings. The Morgan fingerprint density at radius 3 is 1.83 bits per heavy atom. The van der Waals surface area contributed by atoms with E-state index in [4.69, 9.17) is 5.26 Å². The van der Waals surface area contributed by atoms with Gasteiger partial charge in [-0.25, -0.2) is 0 Å². The Hall–Kier alpha value is -0.770. The highest BCUT2D eigenvalue weighted by molar-refractivity contribution is 4.88. The van der Waals surface area contributed by atoms with Crippen molar-refractivity contribution in [2.75, 3.05) is 0 Å². The zero-order valence-corrected chi connectivity index (χ0v) is 11.6. The first-order chi connectivity index (χ1) is 8.81. The van der Waals surface area contributed by atoms with Crippen LogP contribution in [0.5, 0.6) is 0 Å². The van der Waals surface area contributed by atoms with Crippen LogP contribution in [0.1, 0.15) is 64.2 Å². The van der Waals surface area contributed by atoms with Crippen molar-refractivity contribution in [1.29, 1.82) is 5.26 Å². The second-order valence-electron chi connectivity index (χ2n) is 6.44. The molecule has 0 N–H and O–H groups in total. The van der Waals surface area contributed by atoms with E-state index in [-0.39, 0.29) is 0 Å². The van der Waals surface area contributed by atoms with Crippen LogP contribution in [0.4, 0.5) is 0 Å². The minimum Gasteiger partial charge on any atom is -0.198 e. The fourth-order valence-corrected chi connectivity index (χ4v) is 3.76. The van der Waals surface area contributed by atoms with Gasteiger partial charge in [-0.3, -0.25) is 0 Å². The maximum atomic E-state index is 8.90. The molecule has 0 aromatic carbocycles. The minimum absolute atomic E-state index is 0.365. The Bertz CT molecular complexity index is 285. The first-order valence-corrected chi connectivity index (χ1v) is 7.84. The van der Waals surface area contributed by atoms with Crippen molar-refractivity contribution in [3.05, 3.63) is 12.7 Å². The quantitative estimate of drug-likeness (QED) is 0.633. The number of hydrogen-bond acceptors (Lipinski definition) is 1. The summed E-state index contributed by atoms with van der Waals surface area (Å²) in [6, 6.07) is 2.43. The molecule has 2 aliphatic rings. The fourth-order valence-electron chi connectivity index (χ4n) is 3.76.